The number of ether oxygens (including phenoxy) is 2. The molecule has 2 aromatic rings. The molecule has 1 aliphatic heterocycles. The second kappa shape index (κ2) is 10.3. The van der Waals surface area contributed by atoms with Crippen LogP contribution in [0.2, 0.25) is 0 Å². The molecule has 1 amide bonds. The van der Waals surface area contributed by atoms with Crippen LogP contribution >= 0.6 is 27.7 Å². The second-order valence-corrected chi connectivity index (χ2v) is 8.41. The predicted molar refractivity (Wildman–Crippen MR) is 118 cm³/mol. The van der Waals surface area contributed by atoms with E-state index < -0.39 is 23.7 Å². The van der Waals surface area contributed by atoms with Gasteiger partial charge in [0, 0.05) is 16.1 Å². The van der Waals surface area contributed by atoms with Crippen LogP contribution in [0.15, 0.2) is 69.7 Å². The van der Waals surface area contributed by atoms with Crippen LogP contribution in [0.4, 0.5) is 0 Å². The van der Waals surface area contributed by atoms with E-state index in [2.05, 4.69) is 27.3 Å². The van der Waals surface area contributed by atoms with Gasteiger partial charge in [-0.2, -0.15) is 5.26 Å². The Morgan fingerprint density at radius 3 is 2.67 bits per heavy atom. The molecule has 0 bridgehead atoms. The van der Waals surface area contributed by atoms with Crippen molar-refractivity contribution in [2.45, 2.75) is 5.92 Å². The Labute approximate surface area is 187 Å². The highest BCUT2D eigenvalue weighted by molar-refractivity contribution is 9.10. The Kier molecular flexibility index (Phi) is 7.55. The Hall–Kier alpha value is -2.76. The minimum Gasteiger partial charge on any atom is -0.493 e. The largest absolute Gasteiger partial charge is 0.493 e. The fourth-order valence-electron chi connectivity index (χ4n) is 3.20. The van der Waals surface area contributed by atoms with Gasteiger partial charge in [-0.15, -0.1) is 11.8 Å². The number of esters is 1. The van der Waals surface area contributed by atoms with Gasteiger partial charge < -0.3 is 14.8 Å². The average molecular weight is 487 g/mol. The normalized spacial score (nSPS) is 18.4. The van der Waals surface area contributed by atoms with Crippen LogP contribution < -0.4 is 10.1 Å². The van der Waals surface area contributed by atoms with Crippen LogP contribution in [0.1, 0.15) is 11.5 Å². The number of halogens is 1. The van der Waals surface area contributed by atoms with Gasteiger partial charge in [-0.25, -0.2) is 0 Å². The van der Waals surface area contributed by atoms with Gasteiger partial charge in [0.1, 0.15) is 11.7 Å². The summed E-state index contributed by atoms with van der Waals surface area (Å²) < 4.78 is 11.3. The lowest BCUT2D eigenvalue weighted by Gasteiger charge is -2.31. The molecule has 0 radical (unpaired) electrons. The number of hydrogen-bond donors (Lipinski definition) is 1. The van der Waals surface area contributed by atoms with Crippen molar-refractivity contribution < 1.29 is 19.1 Å². The second-order valence-electron chi connectivity index (χ2n) is 6.39. The molecule has 0 aromatic heterocycles. The topological polar surface area (TPSA) is 88.4 Å². The van der Waals surface area contributed by atoms with Gasteiger partial charge in [0.25, 0.3) is 0 Å². The molecule has 2 atom stereocenters. The van der Waals surface area contributed by atoms with E-state index in [1.807, 2.05) is 36.4 Å². The van der Waals surface area contributed by atoms with E-state index in [-0.39, 0.29) is 0 Å². The van der Waals surface area contributed by atoms with Crippen molar-refractivity contribution in [2.24, 2.45) is 5.92 Å². The minimum absolute atomic E-state index is 0.327. The number of methoxy groups -OCH3 is 1. The molecule has 0 saturated carbocycles. The summed E-state index contributed by atoms with van der Waals surface area (Å²) in [6, 6.07) is 18.8. The van der Waals surface area contributed by atoms with Crippen molar-refractivity contribution in [3.05, 3.63) is 75.2 Å². The predicted octanol–water partition coefficient (Wildman–Crippen LogP) is 4.00. The van der Waals surface area contributed by atoms with Gasteiger partial charge >= 0.3 is 5.97 Å². The molecule has 30 heavy (non-hydrogen) atoms. The van der Waals surface area contributed by atoms with Gasteiger partial charge in [0.15, 0.2) is 0 Å². The number of benzene rings is 2. The third kappa shape index (κ3) is 5.04. The summed E-state index contributed by atoms with van der Waals surface area (Å²) in [4.78, 5) is 25.2. The van der Waals surface area contributed by atoms with Gasteiger partial charge in [-0.05, 0) is 29.8 Å². The summed E-state index contributed by atoms with van der Waals surface area (Å²) in [5, 5.41) is 13.0. The van der Waals surface area contributed by atoms with Crippen molar-refractivity contribution in [3.8, 4) is 11.8 Å². The highest BCUT2D eigenvalue weighted by Gasteiger charge is 2.44. The van der Waals surface area contributed by atoms with Crippen LogP contribution in [0.3, 0.4) is 0 Å². The Morgan fingerprint density at radius 2 is 2.00 bits per heavy atom. The van der Waals surface area contributed by atoms with E-state index in [0.29, 0.717) is 28.5 Å². The molecule has 0 aliphatic carbocycles. The van der Waals surface area contributed by atoms with E-state index in [1.54, 1.807) is 18.2 Å². The number of carbonyl (C=O) groups is 2. The highest BCUT2D eigenvalue weighted by atomic mass is 79.9. The Balaban J connectivity index is 1.86. The molecule has 6 nitrogen and oxygen atoms in total. The monoisotopic (exact) mass is 486 g/mol. The van der Waals surface area contributed by atoms with Crippen molar-refractivity contribution in [1.82, 2.24) is 5.32 Å². The molecule has 0 saturated heterocycles. The zero-order valence-electron chi connectivity index (χ0n) is 16.1. The quantitative estimate of drug-likeness (QED) is 0.361. The first-order valence-electron chi connectivity index (χ1n) is 9.14. The van der Waals surface area contributed by atoms with E-state index in [0.717, 1.165) is 10.2 Å². The number of thioether (sulfide) groups is 1. The molecule has 0 spiro atoms. The lowest BCUT2D eigenvalue weighted by atomic mass is 9.78. The number of nitrogens with zero attached hydrogens (tertiary/aromatic N) is 1. The van der Waals surface area contributed by atoms with Gasteiger partial charge in [0.05, 0.1) is 30.4 Å². The van der Waals surface area contributed by atoms with Crippen LogP contribution in [0.25, 0.3) is 0 Å². The Morgan fingerprint density at radius 1 is 1.23 bits per heavy atom. The summed E-state index contributed by atoms with van der Waals surface area (Å²) in [5.41, 5.74) is 1.01. The smallest absolute Gasteiger partial charge is 0.319 e. The molecule has 8 heteroatoms. The number of nitriles is 1. The van der Waals surface area contributed by atoms with E-state index in [1.165, 1.54) is 18.9 Å². The van der Waals surface area contributed by atoms with Crippen LogP contribution in [0.5, 0.6) is 5.75 Å². The molecular weight excluding hydrogens is 468 g/mol. The standard InChI is InChI=1S/C22H19BrN2O4S/c1-28-22(27)19-18(14-6-5-7-15(23)12-14)17(13-24)21(25-20(19)26)30-11-10-29-16-8-3-2-4-9-16/h2-9,12,18-19H,10-11H2,1H3,(H,25,26)/t18-,19+/m1/s1. The van der Waals surface area contributed by atoms with Crippen molar-refractivity contribution in [2.75, 3.05) is 19.5 Å². The number of nitrogens with one attached hydrogen (secondary N) is 1. The lowest BCUT2D eigenvalue weighted by Crippen LogP contribution is -2.44. The highest BCUT2D eigenvalue weighted by Crippen LogP contribution is 2.40. The van der Waals surface area contributed by atoms with Gasteiger partial charge in [-0.3, -0.25) is 9.59 Å². The Bertz CT molecular complexity index is 1000. The fraction of sp³-hybridized carbons (Fsp3) is 0.227. The van der Waals surface area contributed by atoms with Gasteiger partial charge in [0.2, 0.25) is 5.91 Å². The number of para-hydroxylation sites is 1. The van der Waals surface area contributed by atoms with E-state index in [9.17, 15) is 14.9 Å². The zero-order chi connectivity index (χ0) is 21.5. The first kappa shape index (κ1) is 21.9. The molecule has 1 aliphatic rings. The van der Waals surface area contributed by atoms with Crippen LogP contribution in [-0.2, 0) is 14.3 Å². The first-order chi connectivity index (χ1) is 14.5. The van der Waals surface area contributed by atoms with Crippen LogP contribution in [-0.4, -0.2) is 31.3 Å². The van der Waals surface area contributed by atoms with Crippen molar-refractivity contribution in [3.63, 3.8) is 0 Å². The number of rotatable bonds is 7. The third-order valence-electron chi connectivity index (χ3n) is 4.53. The molecule has 0 fully saturated rings. The molecule has 3 rings (SSSR count). The molecule has 154 valence electrons. The van der Waals surface area contributed by atoms with E-state index >= 15 is 0 Å². The maximum absolute atomic E-state index is 12.8. The molecule has 2 aromatic carbocycles. The number of hydrogen-bond acceptors (Lipinski definition) is 6. The third-order valence-corrected chi connectivity index (χ3v) is 6.01. The van der Waals surface area contributed by atoms with Crippen molar-refractivity contribution >= 4 is 39.6 Å². The summed E-state index contributed by atoms with van der Waals surface area (Å²) in [6.07, 6.45) is 0. The fourth-order valence-corrected chi connectivity index (χ4v) is 4.49. The minimum atomic E-state index is -1.14. The van der Waals surface area contributed by atoms with Crippen molar-refractivity contribution in [1.29, 1.82) is 5.26 Å². The molecule has 0 unspecified atom stereocenters. The summed E-state index contributed by atoms with van der Waals surface area (Å²) >= 11 is 4.72. The maximum Gasteiger partial charge on any atom is 0.319 e. The van der Waals surface area contributed by atoms with Gasteiger partial charge in [-0.1, -0.05) is 46.3 Å². The maximum atomic E-state index is 12.8. The number of amides is 1. The van der Waals surface area contributed by atoms with Crippen LogP contribution in [0, 0.1) is 17.2 Å². The number of carbonyl (C=O) groups excluding carboxylic acids is 2. The summed E-state index contributed by atoms with van der Waals surface area (Å²) in [5.74, 6) is -1.77. The zero-order valence-corrected chi connectivity index (χ0v) is 18.5. The SMILES string of the molecule is COC(=O)[C@@H]1C(=O)NC(SCCOc2ccccc2)=C(C#N)[C@H]1c1cccc(Br)c1. The van der Waals surface area contributed by atoms with E-state index in [4.69, 9.17) is 9.47 Å². The average Bonchev–Trinajstić information content (AvgIpc) is 2.76. The molecule has 1 N–H and O–H groups in total. The first-order valence-corrected chi connectivity index (χ1v) is 10.9. The molecule has 1 heterocycles. The number of allylic oxidation sites excluding steroid dienone is 1. The lowest BCUT2D eigenvalue weighted by molar-refractivity contribution is -0.150. The molecular formula is C22H19BrN2O4S. The summed E-state index contributed by atoms with van der Waals surface area (Å²) in [7, 11) is 1.23. The summed E-state index contributed by atoms with van der Waals surface area (Å²) in [6.45, 7) is 0.398.